The molecule has 0 fully saturated rings. The number of nitrogens with one attached hydrogen (secondary N) is 1. The third-order valence-corrected chi connectivity index (χ3v) is 3.35. The molecule has 3 rings (SSSR count). The molecule has 94 valence electrons. The van der Waals surface area contributed by atoms with E-state index in [4.69, 9.17) is 0 Å². The Kier molecular flexibility index (Phi) is 3.06. The van der Waals surface area contributed by atoms with Gasteiger partial charge in [0.15, 0.2) is 5.82 Å². The molecular weight excluding hydrogens is 226 g/mol. The van der Waals surface area contributed by atoms with Gasteiger partial charge < -0.3 is 5.32 Å². The average Bonchev–Trinajstić information content (AvgIpc) is 2.82. The van der Waals surface area contributed by atoms with Crippen LogP contribution in [0.5, 0.6) is 0 Å². The van der Waals surface area contributed by atoms with E-state index in [9.17, 15) is 0 Å². The van der Waals surface area contributed by atoms with Crippen molar-refractivity contribution in [1.82, 2.24) is 25.1 Å². The molecule has 0 radical (unpaired) electrons. The van der Waals surface area contributed by atoms with Crippen molar-refractivity contribution < 1.29 is 0 Å². The highest BCUT2D eigenvalue weighted by molar-refractivity contribution is 5.25. The Morgan fingerprint density at radius 1 is 1.44 bits per heavy atom. The first kappa shape index (κ1) is 11.3. The minimum absolute atomic E-state index is 0.332. The molecule has 2 heterocycles. The zero-order valence-electron chi connectivity index (χ0n) is 10.5. The Labute approximate surface area is 106 Å². The quantitative estimate of drug-likeness (QED) is 0.884. The number of hydrogen-bond acceptors (Lipinski definition) is 4. The van der Waals surface area contributed by atoms with Gasteiger partial charge in [-0.3, -0.25) is 9.67 Å². The van der Waals surface area contributed by atoms with Gasteiger partial charge in [0.25, 0.3) is 0 Å². The lowest BCUT2D eigenvalue weighted by Crippen LogP contribution is -2.26. The van der Waals surface area contributed by atoms with Crippen molar-refractivity contribution in [2.45, 2.75) is 31.8 Å². The van der Waals surface area contributed by atoms with Gasteiger partial charge in [0.1, 0.15) is 6.33 Å². The number of aromatic nitrogens is 4. The molecule has 0 bridgehead atoms. The zero-order valence-corrected chi connectivity index (χ0v) is 10.5. The fourth-order valence-corrected chi connectivity index (χ4v) is 2.49. The summed E-state index contributed by atoms with van der Waals surface area (Å²) in [6.45, 7) is 0.696. The van der Waals surface area contributed by atoms with Crippen LogP contribution in [0, 0.1) is 0 Å². The lowest BCUT2D eigenvalue weighted by Gasteiger charge is -2.24. The Balaban J connectivity index is 1.71. The molecule has 1 aliphatic rings. The van der Waals surface area contributed by atoms with Gasteiger partial charge in [-0.25, -0.2) is 4.98 Å². The van der Waals surface area contributed by atoms with E-state index in [0.29, 0.717) is 12.6 Å². The average molecular weight is 243 g/mol. The lowest BCUT2D eigenvalue weighted by atomic mass is 9.92. The van der Waals surface area contributed by atoms with Crippen LogP contribution in [0.2, 0.25) is 0 Å². The van der Waals surface area contributed by atoms with Gasteiger partial charge in [-0.1, -0.05) is 6.07 Å². The van der Waals surface area contributed by atoms with Crippen molar-refractivity contribution in [1.29, 1.82) is 0 Å². The molecule has 0 spiro atoms. The van der Waals surface area contributed by atoms with Crippen LogP contribution >= 0.6 is 0 Å². The van der Waals surface area contributed by atoms with Crippen LogP contribution in [0.25, 0.3) is 0 Å². The molecule has 1 aliphatic carbocycles. The van der Waals surface area contributed by atoms with E-state index in [-0.39, 0.29) is 0 Å². The number of pyridine rings is 1. The predicted octanol–water partition coefficient (Wildman–Crippen LogP) is 1.38. The van der Waals surface area contributed by atoms with Gasteiger partial charge in [-0.05, 0) is 30.9 Å². The van der Waals surface area contributed by atoms with Crippen LogP contribution < -0.4 is 5.32 Å². The Hall–Kier alpha value is -1.75. The summed E-state index contributed by atoms with van der Waals surface area (Å²) in [4.78, 5) is 8.73. The number of nitrogens with zero attached hydrogens (tertiary/aromatic N) is 4. The number of aryl methyl sites for hydroxylation is 2. The monoisotopic (exact) mass is 243 g/mol. The highest BCUT2D eigenvalue weighted by Gasteiger charge is 2.20. The third-order valence-electron chi connectivity index (χ3n) is 3.35. The maximum absolute atomic E-state index is 4.51. The van der Waals surface area contributed by atoms with Crippen LogP contribution in [0.3, 0.4) is 0 Å². The van der Waals surface area contributed by atoms with Crippen LogP contribution in [0.1, 0.15) is 36.0 Å². The molecule has 5 nitrogen and oxygen atoms in total. The maximum atomic E-state index is 4.51. The maximum Gasteiger partial charge on any atom is 0.164 e. The van der Waals surface area contributed by atoms with E-state index in [2.05, 4.69) is 26.4 Å². The van der Waals surface area contributed by atoms with Gasteiger partial charge in [-0.2, -0.15) is 5.10 Å². The molecule has 1 N–H and O–H groups in total. The summed E-state index contributed by atoms with van der Waals surface area (Å²) in [7, 11) is 1.88. The second kappa shape index (κ2) is 4.86. The van der Waals surface area contributed by atoms with E-state index < -0.39 is 0 Å². The summed E-state index contributed by atoms with van der Waals surface area (Å²) in [5.41, 5.74) is 2.56. The predicted molar refractivity (Wildman–Crippen MR) is 67.8 cm³/mol. The van der Waals surface area contributed by atoms with Crippen LogP contribution in [0.15, 0.2) is 24.7 Å². The van der Waals surface area contributed by atoms with E-state index in [1.54, 1.807) is 11.0 Å². The summed E-state index contributed by atoms with van der Waals surface area (Å²) in [5.74, 6) is 0.834. The van der Waals surface area contributed by atoms with Crippen LogP contribution in [-0.2, 0) is 20.0 Å². The van der Waals surface area contributed by atoms with E-state index in [1.807, 2.05) is 19.3 Å². The highest BCUT2D eigenvalue weighted by Crippen LogP contribution is 2.27. The third kappa shape index (κ3) is 2.26. The van der Waals surface area contributed by atoms with Crippen LogP contribution in [-0.4, -0.2) is 19.7 Å². The normalized spacial score (nSPS) is 18.6. The number of hydrogen-bond donors (Lipinski definition) is 1. The molecule has 0 saturated carbocycles. The Morgan fingerprint density at radius 3 is 3.22 bits per heavy atom. The molecule has 1 atom stereocenters. The van der Waals surface area contributed by atoms with Crippen molar-refractivity contribution in [3.05, 3.63) is 41.7 Å². The highest BCUT2D eigenvalue weighted by atomic mass is 15.3. The first-order chi connectivity index (χ1) is 8.83. The summed E-state index contributed by atoms with van der Waals surface area (Å²) in [5, 5.41) is 7.78. The molecule has 18 heavy (non-hydrogen) atoms. The van der Waals surface area contributed by atoms with Crippen molar-refractivity contribution in [2.75, 3.05) is 0 Å². The van der Waals surface area contributed by atoms with Gasteiger partial charge >= 0.3 is 0 Å². The van der Waals surface area contributed by atoms with E-state index >= 15 is 0 Å². The van der Waals surface area contributed by atoms with E-state index in [1.165, 1.54) is 17.7 Å². The fraction of sp³-hybridized carbons (Fsp3) is 0.462. The molecule has 0 saturated heterocycles. The van der Waals surface area contributed by atoms with Gasteiger partial charge in [0.2, 0.25) is 0 Å². The molecule has 1 unspecified atom stereocenters. The summed E-state index contributed by atoms with van der Waals surface area (Å²) < 4.78 is 1.73. The molecule has 5 heteroatoms. The second-order valence-electron chi connectivity index (χ2n) is 4.71. The topological polar surface area (TPSA) is 55.6 Å². The SMILES string of the molecule is Cn1cnc(CNC2CCCc3cccnc32)n1. The molecule has 2 aromatic heterocycles. The first-order valence-corrected chi connectivity index (χ1v) is 6.34. The smallest absolute Gasteiger partial charge is 0.164 e. The minimum Gasteiger partial charge on any atom is -0.301 e. The lowest BCUT2D eigenvalue weighted by molar-refractivity contribution is 0.441. The fourth-order valence-electron chi connectivity index (χ4n) is 2.49. The Bertz CT molecular complexity index is 534. The summed E-state index contributed by atoms with van der Waals surface area (Å²) in [6.07, 6.45) is 7.09. The van der Waals surface area contributed by atoms with Gasteiger partial charge in [-0.15, -0.1) is 0 Å². The number of fused-ring (bicyclic) bond motifs is 1. The molecular formula is C13H17N5. The molecule has 0 aromatic carbocycles. The minimum atomic E-state index is 0.332. The van der Waals surface area contributed by atoms with Crippen molar-refractivity contribution in [3.8, 4) is 0 Å². The van der Waals surface area contributed by atoms with E-state index in [0.717, 1.165) is 18.7 Å². The van der Waals surface area contributed by atoms with Crippen molar-refractivity contribution in [2.24, 2.45) is 7.05 Å². The summed E-state index contributed by atoms with van der Waals surface area (Å²) >= 11 is 0. The Morgan fingerprint density at radius 2 is 2.39 bits per heavy atom. The van der Waals surface area contributed by atoms with Gasteiger partial charge in [0, 0.05) is 13.2 Å². The van der Waals surface area contributed by atoms with Gasteiger partial charge in [0.05, 0.1) is 18.3 Å². The van der Waals surface area contributed by atoms with Crippen molar-refractivity contribution >= 4 is 0 Å². The standard InChI is InChI=1S/C13H17N5/c1-18-9-16-12(17-18)8-15-11-6-2-4-10-5-3-7-14-13(10)11/h3,5,7,9,11,15H,2,4,6,8H2,1H3. The molecule has 0 aliphatic heterocycles. The molecule has 0 amide bonds. The second-order valence-corrected chi connectivity index (χ2v) is 4.71. The van der Waals surface area contributed by atoms with Crippen LogP contribution in [0.4, 0.5) is 0 Å². The number of rotatable bonds is 3. The summed E-state index contributed by atoms with van der Waals surface area (Å²) in [6, 6.07) is 4.52. The molecule has 2 aromatic rings. The van der Waals surface area contributed by atoms with Crippen molar-refractivity contribution in [3.63, 3.8) is 0 Å². The first-order valence-electron chi connectivity index (χ1n) is 6.34. The largest absolute Gasteiger partial charge is 0.301 e. The zero-order chi connectivity index (χ0) is 12.4.